The molecule has 1 fully saturated rings. The first-order chi connectivity index (χ1) is 9.72. The molecule has 1 aromatic rings. The number of benzene rings is 1. The number of nitrogens with one attached hydrogen (secondary N) is 2. The molecule has 0 saturated heterocycles. The summed E-state index contributed by atoms with van der Waals surface area (Å²) in [5.74, 6) is 1.55. The summed E-state index contributed by atoms with van der Waals surface area (Å²) in [6.45, 7) is 1.14. The van der Waals surface area contributed by atoms with Crippen LogP contribution >= 0.6 is 0 Å². The van der Waals surface area contributed by atoms with Crippen molar-refractivity contribution >= 4 is 5.91 Å². The van der Waals surface area contributed by atoms with Gasteiger partial charge in [0, 0.05) is 6.04 Å². The molecule has 0 heterocycles. The number of rotatable bonds is 8. The average Bonchev–Trinajstić information content (AvgIpc) is 3.27. The van der Waals surface area contributed by atoms with Gasteiger partial charge in [0.25, 0.3) is 0 Å². The van der Waals surface area contributed by atoms with Crippen LogP contribution in [0.25, 0.3) is 0 Å². The van der Waals surface area contributed by atoms with Gasteiger partial charge in [-0.15, -0.1) is 0 Å². The minimum atomic E-state index is 0.0832. The van der Waals surface area contributed by atoms with Crippen LogP contribution in [-0.4, -0.2) is 39.3 Å². The van der Waals surface area contributed by atoms with Gasteiger partial charge >= 0.3 is 0 Å². The quantitative estimate of drug-likeness (QED) is 0.700. The summed E-state index contributed by atoms with van der Waals surface area (Å²) in [5, 5.41) is 6.10. The summed E-state index contributed by atoms with van der Waals surface area (Å²) in [4.78, 5) is 11.5. The highest BCUT2D eigenvalue weighted by Gasteiger charge is 2.22. The Morgan fingerprint density at radius 1 is 1.25 bits per heavy atom. The second-order valence-corrected chi connectivity index (χ2v) is 4.96. The average molecular weight is 278 g/mol. The monoisotopic (exact) mass is 278 g/mol. The van der Waals surface area contributed by atoms with E-state index in [1.807, 2.05) is 18.2 Å². The van der Waals surface area contributed by atoms with E-state index in [0.717, 1.165) is 42.9 Å². The third-order valence-corrected chi connectivity index (χ3v) is 3.27. The maximum Gasteiger partial charge on any atom is 0.234 e. The molecule has 0 spiro atoms. The molecule has 1 aliphatic carbocycles. The molecule has 20 heavy (non-hydrogen) atoms. The first-order valence-electron chi connectivity index (χ1n) is 6.94. The van der Waals surface area contributed by atoms with Gasteiger partial charge < -0.3 is 20.1 Å². The summed E-state index contributed by atoms with van der Waals surface area (Å²) in [6, 6.07) is 6.29. The number of amides is 1. The molecule has 0 atom stereocenters. The lowest BCUT2D eigenvalue weighted by Gasteiger charge is -2.10. The van der Waals surface area contributed by atoms with E-state index in [1.165, 1.54) is 0 Å². The lowest BCUT2D eigenvalue weighted by Crippen LogP contribution is -2.35. The van der Waals surface area contributed by atoms with Gasteiger partial charge in [-0.05, 0) is 43.5 Å². The molecule has 2 rings (SSSR count). The van der Waals surface area contributed by atoms with E-state index in [0.29, 0.717) is 12.6 Å². The smallest absolute Gasteiger partial charge is 0.234 e. The van der Waals surface area contributed by atoms with E-state index < -0.39 is 0 Å². The van der Waals surface area contributed by atoms with Gasteiger partial charge in [0.15, 0.2) is 11.5 Å². The van der Waals surface area contributed by atoms with Crippen molar-refractivity contribution in [1.29, 1.82) is 0 Å². The summed E-state index contributed by atoms with van der Waals surface area (Å²) in [7, 11) is 3.25. The fraction of sp³-hybridized carbons (Fsp3) is 0.533. The molecule has 0 unspecified atom stereocenters. The van der Waals surface area contributed by atoms with Gasteiger partial charge in [0.1, 0.15) is 0 Å². The van der Waals surface area contributed by atoms with Gasteiger partial charge in [-0.1, -0.05) is 6.07 Å². The second kappa shape index (κ2) is 7.14. The zero-order valence-electron chi connectivity index (χ0n) is 12.1. The van der Waals surface area contributed by atoms with Gasteiger partial charge in [0.2, 0.25) is 5.91 Å². The Kier molecular flexibility index (Phi) is 5.24. The third kappa shape index (κ3) is 4.42. The van der Waals surface area contributed by atoms with Crippen molar-refractivity contribution in [3.8, 4) is 11.5 Å². The van der Waals surface area contributed by atoms with Crippen LogP contribution < -0.4 is 20.1 Å². The van der Waals surface area contributed by atoms with Crippen LogP contribution in [0.5, 0.6) is 11.5 Å². The first-order valence-corrected chi connectivity index (χ1v) is 6.94. The van der Waals surface area contributed by atoms with Gasteiger partial charge in [0.05, 0.1) is 20.8 Å². The normalized spacial score (nSPS) is 13.9. The summed E-state index contributed by atoms with van der Waals surface area (Å²) >= 11 is 0. The first kappa shape index (κ1) is 14.7. The van der Waals surface area contributed by atoms with E-state index >= 15 is 0 Å². The number of methoxy groups -OCH3 is 2. The molecule has 1 aliphatic rings. The Hall–Kier alpha value is -1.75. The van der Waals surface area contributed by atoms with Gasteiger partial charge in [-0.3, -0.25) is 4.79 Å². The number of ether oxygens (including phenoxy) is 2. The van der Waals surface area contributed by atoms with Crippen molar-refractivity contribution < 1.29 is 14.3 Å². The Balaban J connectivity index is 1.71. The van der Waals surface area contributed by atoms with Crippen molar-refractivity contribution in [1.82, 2.24) is 10.6 Å². The van der Waals surface area contributed by atoms with Crippen LogP contribution in [-0.2, 0) is 11.2 Å². The largest absolute Gasteiger partial charge is 0.493 e. The maximum atomic E-state index is 11.5. The van der Waals surface area contributed by atoms with Crippen LogP contribution in [0.4, 0.5) is 0 Å². The predicted molar refractivity (Wildman–Crippen MR) is 77.3 cm³/mol. The Morgan fingerprint density at radius 3 is 2.65 bits per heavy atom. The fourth-order valence-corrected chi connectivity index (χ4v) is 1.98. The highest BCUT2D eigenvalue weighted by Crippen LogP contribution is 2.27. The summed E-state index contributed by atoms with van der Waals surface area (Å²) < 4.78 is 10.5. The van der Waals surface area contributed by atoms with Crippen LogP contribution in [0.15, 0.2) is 18.2 Å². The van der Waals surface area contributed by atoms with Crippen LogP contribution in [0.1, 0.15) is 18.4 Å². The summed E-state index contributed by atoms with van der Waals surface area (Å²) in [6.07, 6.45) is 3.09. The van der Waals surface area contributed by atoms with Crippen molar-refractivity contribution in [2.24, 2.45) is 0 Å². The zero-order chi connectivity index (χ0) is 14.4. The van der Waals surface area contributed by atoms with Gasteiger partial charge in [-0.25, -0.2) is 0 Å². The lowest BCUT2D eigenvalue weighted by molar-refractivity contribution is -0.120. The minimum absolute atomic E-state index is 0.0832. The Morgan fingerprint density at radius 2 is 2.00 bits per heavy atom. The Bertz CT molecular complexity index is 458. The predicted octanol–water partition coefficient (Wildman–Crippen LogP) is 1.11. The molecule has 1 aromatic carbocycles. The molecule has 5 heteroatoms. The van der Waals surface area contributed by atoms with Crippen molar-refractivity contribution in [2.45, 2.75) is 25.3 Å². The molecular weight excluding hydrogens is 256 g/mol. The fourth-order valence-electron chi connectivity index (χ4n) is 1.98. The minimum Gasteiger partial charge on any atom is -0.493 e. The van der Waals surface area contributed by atoms with E-state index in [4.69, 9.17) is 9.47 Å². The third-order valence-electron chi connectivity index (χ3n) is 3.27. The summed E-state index contributed by atoms with van der Waals surface area (Å²) in [5.41, 5.74) is 1.15. The standard InChI is InChI=1S/C15H22N2O3/c1-19-13-6-3-11(9-14(13)20-2)7-8-16-10-15(18)17-12-4-5-12/h3,6,9,12,16H,4-5,7-8,10H2,1-2H3,(H,17,18). The molecule has 0 bridgehead atoms. The number of hydrogen-bond acceptors (Lipinski definition) is 4. The second-order valence-electron chi connectivity index (χ2n) is 4.96. The van der Waals surface area contributed by atoms with Crippen molar-refractivity contribution in [3.05, 3.63) is 23.8 Å². The Labute approximate surface area is 119 Å². The topological polar surface area (TPSA) is 59.6 Å². The number of carbonyl (C=O) groups excluding carboxylic acids is 1. The molecule has 1 saturated carbocycles. The molecule has 0 radical (unpaired) electrons. The molecule has 0 aliphatic heterocycles. The van der Waals surface area contributed by atoms with E-state index in [2.05, 4.69) is 10.6 Å². The van der Waals surface area contributed by atoms with Crippen LogP contribution in [0, 0.1) is 0 Å². The molecular formula is C15H22N2O3. The molecule has 0 aromatic heterocycles. The highest BCUT2D eigenvalue weighted by molar-refractivity contribution is 5.78. The molecule has 1 amide bonds. The van der Waals surface area contributed by atoms with E-state index in [9.17, 15) is 4.79 Å². The number of carbonyl (C=O) groups is 1. The zero-order valence-corrected chi connectivity index (χ0v) is 12.1. The lowest BCUT2D eigenvalue weighted by atomic mass is 10.1. The van der Waals surface area contributed by atoms with Crippen molar-refractivity contribution in [3.63, 3.8) is 0 Å². The van der Waals surface area contributed by atoms with Gasteiger partial charge in [-0.2, -0.15) is 0 Å². The molecule has 5 nitrogen and oxygen atoms in total. The van der Waals surface area contributed by atoms with E-state index in [1.54, 1.807) is 14.2 Å². The van der Waals surface area contributed by atoms with Crippen LogP contribution in [0.3, 0.4) is 0 Å². The van der Waals surface area contributed by atoms with E-state index in [-0.39, 0.29) is 5.91 Å². The highest BCUT2D eigenvalue weighted by atomic mass is 16.5. The molecule has 110 valence electrons. The number of hydrogen-bond donors (Lipinski definition) is 2. The van der Waals surface area contributed by atoms with Crippen LogP contribution in [0.2, 0.25) is 0 Å². The maximum absolute atomic E-state index is 11.5. The SMILES string of the molecule is COc1ccc(CCNCC(=O)NC2CC2)cc1OC. The van der Waals surface area contributed by atoms with Crippen molar-refractivity contribution in [2.75, 3.05) is 27.3 Å². The molecule has 2 N–H and O–H groups in total.